The predicted molar refractivity (Wildman–Crippen MR) is 195 cm³/mol. The number of carboxylic acids is 1. The van der Waals surface area contributed by atoms with Crippen molar-refractivity contribution >= 4 is 28.6 Å². The van der Waals surface area contributed by atoms with Crippen molar-refractivity contribution in [3.63, 3.8) is 0 Å². The van der Waals surface area contributed by atoms with Gasteiger partial charge in [-0.1, -0.05) is 0 Å². The molecule has 0 atom stereocenters. The molecule has 1 aromatic carbocycles. The summed E-state index contributed by atoms with van der Waals surface area (Å²) >= 11 is 0. The molecule has 3 aromatic heterocycles. The minimum absolute atomic E-state index is 0.135. The molecule has 6 aliphatic rings. The predicted octanol–water partition coefficient (Wildman–Crippen LogP) is 8.46. The number of pyridine rings is 1. The van der Waals surface area contributed by atoms with Gasteiger partial charge < -0.3 is 24.6 Å². The van der Waals surface area contributed by atoms with Gasteiger partial charge in [-0.15, -0.1) is 0 Å². The Morgan fingerprint density at radius 1 is 0.912 bits per heavy atom. The van der Waals surface area contributed by atoms with Gasteiger partial charge in [0, 0.05) is 86.5 Å². The number of hydrogen-bond donors (Lipinski definition) is 2. The molecule has 302 valence electrons. The fourth-order valence-corrected chi connectivity index (χ4v) is 10.7. The van der Waals surface area contributed by atoms with Crippen molar-refractivity contribution in [2.75, 3.05) is 18.0 Å². The van der Waals surface area contributed by atoms with E-state index in [0.29, 0.717) is 85.9 Å². The number of fused-ring (bicyclic) bond motifs is 1. The van der Waals surface area contributed by atoms with E-state index in [1.165, 1.54) is 18.3 Å². The molecule has 0 radical (unpaired) electrons. The van der Waals surface area contributed by atoms with Gasteiger partial charge in [-0.25, -0.2) is 32.9 Å². The lowest BCUT2D eigenvalue weighted by Gasteiger charge is -2.59. The van der Waals surface area contributed by atoms with Crippen molar-refractivity contribution in [1.29, 1.82) is 0 Å². The number of aromatic nitrogens is 4. The molecule has 6 fully saturated rings. The molecule has 5 aliphatic carbocycles. The minimum Gasteiger partial charge on any atom is -0.490 e. The molecule has 10 rings (SSSR count). The van der Waals surface area contributed by atoms with Crippen LogP contribution in [0.3, 0.4) is 0 Å². The summed E-state index contributed by atoms with van der Waals surface area (Å²) < 4.78 is 94.9. The zero-order valence-electron chi connectivity index (χ0n) is 31.0. The molecule has 57 heavy (non-hydrogen) atoms. The van der Waals surface area contributed by atoms with Crippen LogP contribution in [0, 0.1) is 29.5 Å². The van der Waals surface area contributed by atoms with Gasteiger partial charge in [0.2, 0.25) is 5.92 Å². The van der Waals surface area contributed by atoms with E-state index < -0.39 is 46.8 Å². The number of nitrogens with one attached hydrogen (secondary N) is 1. The topological polar surface area (TPSA) is 122 Å². The highest BCUT2D eigenvalue weighted by molar-refractivity contribution is 6.00. The fourth-order valence-electron chi connectivity index (χ4n) is 10.7. The van der Waals surface area contributed by atoms with Gasteiger partial charge in [0.25, 0.3) is 5.91 Å². The Balaban J connectivity index is 1.02. The molecule has 0 unspecified atom stereocenters. The smallest absolute Gasteiger partial charge is 0.434 e. The number of piperidine rings is 1. The second kappa shape index (κ2) is 13.9. The van der Waals surface area contributed by atoms with Gasteiger partial charge in [0.15, 0.2) is 11.5 Å². The number of halogens is 6. The van der Waals surface area contributed by atoms with Gasteiger partial charge in [-0.05, 0) is 86.8 Å². The van der Waals surface area contributed by atoms with E-state index in [2.05, 4.69) is 20.3 Å². The molecule has 16 heteroatoms. The number of carbonyl (C=O) groups excluding carboxylic acids is 1. The van der Waals surface area contributed by atoms with Gasteiger partial charge in [0.05, 0.1) is 11.1 Å². The first-order valence-corrected chi connectivity index (χ1v) is 19.7. The van der Waals surface area contributed by atoms with Crippen molar-refractivity contribution < 1.29 is 45.8 Å². The number of rotatable bonds is 8. The van der Waals surface area contributed by atoms with Crippen LogP contribution in [-0.2, 0) is 11.0 Å². The third kappa shape index (κ3) is 6.85. The van der Waals surface area contributed by atoms with Crippen LogP contribution in [-0.4, -0.2) is 67.2 Å². The summed E-state index contributed by atoms with van der Waals surface area (Å²) in [4.78, 5) is 41.1. The van der Waals surface area contributed by atoms with E-state index in [1.54, 1.807) is 29.0 Å². The molecule has 4 bridgehead atoms. The summed E-state index contributed by atoms with van der Waals surface area (Å²) in [6.07, 6.45) is 2.73. The number of anilines is 1. The van der Waals surface area contributed by atoms with E-state index in [1.807, 2.05) is 4.90 Å². The van der Waals surface area contributed by atoms with Crippen LogP contribution in [0.4, 0.5) is 32.2 Å². The molecular formula is C41H42F6N6O4. The summed E-state index contributed by atoms with van der Waals surface area (Å²) in [5.41, 5.74) is -3.28. The highest BCUT2D eigenvalue weighted by Gasteiger charge is 2.62. The van der Waals surface area contributed by atoms with Crippen LogP contribution < -0.4 is 15.0 Å². The standard InChI is InChI=1S/C41H42F6N6O4/c42-26-5-10-48-34(18-26)52-11-6-28(7-12-52)57-29-1-2-30-32(21-53(33(30)19-29)27-3-8-39(43,44)9-4-27)36-49-20-31(35(50-36)41(45,46)47)37(54)51-40(38(55)56)24-14-22-13-23(16-24)17-25(40)15-22/h1-2,5,10,18-25,27-28H,3-4,6-9,11-17H2,(H,51,54)(H,55,56). The number of ether oxygens (including phenoxy) is 1. The first-order chi connectivity index (χ1) is 27.2. The number of nitrogens with zero attached hydrogens (tertiary/aromatic N) is 5. The van der Waals surface area contributed by atoms with Gasteiger partial charge in [0.1, 0.15) is 29.0 Å². The number of amides is 1. The maximum Gasteiger partial charge on any atom is 0.434 e. The molecular weight excluding hydrogens is 754 g/mol. The third-order valence-corrected chi connectivity index (χ3v) is 13.3. The zero-order chi connectivity index (χ0) is 39.9. The van der Waals surface area contributed by atoms with Crippen LogP contribution in [0.25, 0.3) is 22.3 Å². The van der Waals surface area contributed by atoms with E-state index in [9.17, 15) is 41.0 Å². The van der Waals surface area contributed by atoms with Crippen LogP contribution >= 0.6 is 0 Å². The number of alkyl halides is 5. The summed E-state index contributed by atoms with van der Waals surface area (Å²) in [7, 11) is 0. The fraction of sp³-hybridized carbons (Fsp3) is 0.537. The van der Waals surface area contributed by atoms with Crippen molar-refractivity contribution in [3.8, 4) is 17.1 Å². The molecule has 1 saturated heterocycles. The molecule has 0 spiro atoms. The van der Waals surface area contributed by atoms with Crippen molar-refractivity contribution in [2.24, 2.45) is 23.7 Å². The summed E-state index contributed by atoms with van der Waals surface area (Å²) in [5.74, 6) is -4.97. The summed E-state index contributed by atoms with van der Waals surface area (Å²) in [6.45, 7) is 1.15. The molecule has 4 aromatic rings. The summed E-state index contributed by atoms with van der Waals surface area (Å²) in [5, 5.41) is 13.5. The molecule has 5 saturated carbocycles. The lowest BCUT2D eigenvalue weighted by Crippen LogP contribution is -2.70. The molecule has 4 heterocycles. The van der Waals surface area contributed by atoms with Gasteiger partial charge >= 0.3 is 12.1 Å². The van der Waals surface area contributed by atoms with Crippen molar-refractivity contribution in [1.82, 2.24) is 24.8 Å². The Kier molecular flexibility index (Phi) is 9.18. The maximum absolute atomic E-state index is 14.8. The molecule has 1 amide bonds. The van der Waals surface area contributed by atoms with Crippen LogP contribution in [0.1, 0.15) is 92.7 Å². The normalized spacial score (nSPS) is 27.5. The monoisotopic (exact) mass is 796 g/mol. The highest BCUT2D eigenvalue weighted by Crippen LogP contribution is 2.58. The number of aliphatic carboxylic acids is 1. The Labute approximate surface area is 324 Å². The van der Waals surface area contributed by atoms with Gasteiger partial charge in [-0.3, -0.25) is 4.79 Å². The first kappa shape index (κ1) is 37.7. The van der Waals surface area contributed by atoms with E-state index in [4.69, 9.17) is 4.74 Å². The third-order valence-electron chi connectivity index (χ3n) is 13.3. The maximum atomic E-state index is 14.8. The highest BCUT2D eigenvalue weighted by atomic mass is 19.4. The van der Waals surface area contributed by atoms with Crippen LogP contribution in [0.15, 0.2) is 48.9 Å². The lowest BCUT2D eigenvalue weighted by molar-refractivity contribution is -0.163. The first-order valence-electron chi connectivity index (χ1n) is 19.7. The zero-order valence-corrected chi connectivity index (χ0v) is 31.0. The average Bonchev–Trinajstić information content (AvgIpc) is 3.54. The lowest BCUT2D eigenvalue weighted by atomic mass is 9.48. The van der Waals surface area contributed by atoms with Crippen LogP contribution in [0.2, 0.25) is 0 Å². The number of benzene rings is 1. The van der Waals surface area contributed by atoms with Crippen molar-refractivity contribution in [2.45, 2.75) is 100 Å². The molecule has 10 nitrogen and oxygen atoms in total. The number of hydrogen-bond acceptors (Lipinski definition) is 7. The largest absolute Gasteiger partial charge is 0.490 e. The average molecular weight is 797 g/mol. The SMILES string of the molecule is O=C(NC1(C(=O)O)C2CC3CC(C2)CC1C3)c1cnc(-c2cn(C3CCC(F)(F)CC3)c3cc(OC4CCN(c5cc(F)ccn5)CC4)ccc23)nc1C(F)(F)F. The Morgan fingerprint density at radius 3 is 2.23 bits per heavy atom. The van der Waals surface area contributed by atoms with E-state index in [-0.39, 0.29) is 60.8 Å². The number of carbonyl (C=O) groups is 2. The van der Waals surface area contributed by atoms with Gasteiger partial charge in [-0.2, -0.15) is 13.2 Å². The summed E-state index contributed by atoms with van der Waals surface area (Å²) in [6, 6.07) is 7.39. The quantitative estimate of drug-likeness (QED) is 0.171. The second-order valence-electron chi connectivity index (χ2n) is 16.7. The van der Waals surface area contributed by atoms with E-state index in [0.717, 1.165) is 12.6 Å². The Bertz CT molecular complexity index is 2180. The van der Waals surface area contributed by atoms with Crippen molar-refractivity contribution in [3.05, 3.63) is 66.0 Å². The second-order valence-corrected chi connectivity index (χ2v) is 16.7. The van der Waals surface area contributed by atoms with E-state index >= 15 is 0 Å². The number of carboxylic acid groups (broad SMARTS) is 1. The minimum atomic E-state index is -5.10. The Morgan fingerprint density at radius 2 is 1.60 bits per heavy atom. The van der Waals surface area contributed by atoms with Crippen LogP contribution in [0.5, 0.6) is 5.75 Å². The molecule has 1 aliphatic heterocycles. The molecule has 2 N–H and O–H groups in total. The Hall–Kier alpha value is -4.89.